The fourth-order valence-electron chi connectivity index (χ4n) is 3.54. The molecule has 1 saturated heterocycles. The van der Waals surface area contributed by atoms with Crippen LogP contribution in [0.4, 0.5) is 0 Å². The molecule has 0 saturated carbocycles. The molecule has 0 N–H and O–H groups in total. The van der Waals surface area contributed by atoms with Crippen molar-refractivity contribution in [2.24, 2.45) is 0 Å². The second-order valence-electron chi connectivity index (χ2n) is 6.88. The summed E-state index contributed by atoms with van der Waals surface area (Å²) in [5.74, 6) is -0.191. The number of nitriles is 1. The summed E-state index contributed by atoms with van der Waals surface area (Å²) in [5, 5.41) is 20.2. The molecule has 0 unspecified atom stereocenters. The van der Waals surface area contributed by atoms with Crippen molar-refractivity contribution in [3.63, 3.8) is 0 Å². The Kier molecular flexibility index (Phi) is 5.48. The van der Waals surface area contributed by atoms with E-state index >= 15 is 0 Å². The number of nitrogens with zero attached hydrogens (tertiary/aromatic N) is 7. The number of benzene rings is 2. The van der Waals surface area contributed by atoms with Crippen molar-refractivity contribution in [2.45, 2.75) is 6.54 Å². The predicted octanol–water partition coefficient (Wildman–Crippen LogP) is 1.20. The van der Waals surface area contributed by atoms with Gasteiger partial charge < -0.3 is 9.80 Å². The van der Waals surface area contributed by atoms with Gasteiger partial charge in [-0.05, 0) is 28.1 Å². The van der Waals surface area contributed by atoms with Gasteiger partial charge in [0.25, 0.3) is 5.91 Å². The van der Waals surface area contributed by atoms with E-state index < -0.39 is 0 Å². The molecule has 0 spiro atoms. The number of aromatic nitrogens is 4. The van der Waals surface area contributed by atoms with E-state index in [1.165, 1.54) is 11.0 Å². The Hall–Kier alpha value is -4.06. The highest BCUT2D eigenvalue weighted by molar-refractivity contribution is 6.01. The van der Waals surface area contributed by atoms with Gasteiger partial charge in [-0.3, -0.25) is 9.59 Å². The van der Waals surface area contributed by atoms with E-state index in [1.54, 1.807) is 28.0 Å². The molecular weight excluding hydrogens is 382 g/mol. The maximum atomic E-state index is 13.2. The van der Waals surface area contributed by atoms with Crippen molar-refractivity contribution in [2.75, 3.05) is 26.2 Å². The van der Waals surface area contributed by atoms with Crippen LogP contribution in [-0.4, -0.2) is 68.0 Å². The molecule has 0 atom stereocenters. The molecular formula is C21H19N7O2. The summed E-state index contributed by atoms with van der Waals surface area (Å²) in [7, 11) is 0. The largest absolute Gasteiger partial charge is 0.338 e. The molecule has 2 amide bonds. The normalized spacial score (nSPS) is 13.7. The smallest absolute Gasteiger partial charge is 0.254 e. The highest BCUT2D eigenvalue weighted by Gasteiger charge is 2.26. The van der Waals surface area contributed by atoms with Crippen LogP contribution in [0.25, 0.3) is 11.1 Å². The number of tetrazole rings is 1. The predicted molar refractivity (Wildman–Crippen MR) is 107 cm³/mol. The lowest BCUT2D eigenvalue weighted by Crippen LogP contribution is -2.51. The Bertz CT molecular complexity index is 1100. The van der Waals surface area contributed by atoms with Crippen LogP contribution >= 0.6 is 0 Å². The quantitative estimate of drug-likeness (QED) is 0.650. The van der Waals surface area contributed by atoms with Crippen LogP contribution in [0.1, 0.15) is 15.9 Å². The summed E-state index contributed by atoms with van der Waals surface area (Å²) in [6, 6.07) is 16.7. The van der Waals surface area contributed by atoms with Gasteiger partial charge in [-0.15, -0.1) is 5.10 Å². The van der Waals surface area contributed by atoms with Gasteiger partial charge in [-0.25, -0.2) is 4.68 Å². The SMILES string of the molecule is N#Cc1ccccc1-c1ccccc1C(=O)N1CCN(C(=O)Cn2cnnn2)CC1. The minimum Gasteiger partial charge on any atom is -0.338 e. The molecule has 0 radical (unpaired) electrons. The van der Waals surface area contributed by atoms with Crippen molar-refractivity contribution in [1.29, 1.82) is 5.26 Å². The Morgan fingerprint density at radius 1 is 0.933 bits per heavy atom. The van der Waals surface area contributed by atoms with Crippen molar-refractivity contribution < 1.29 is 9.59 Å². The Morgan fingerprint density at radius 3 is 2.30 bits per heavy atom. The van der Waals surface area contributed by atoms with E-state index in [-0.39, 0.29) is 18.4 Å². The molecule has 1 fully saturated rings. The number of hydrogen-bond acceptors (Lipinski definition) is 6. The topological polar surface area (TPSA) is 108 Å². The second-order valence-corrected chi connectivity index (χ2v) is 6.88. The molecule has 4 rings (SSSR count). The summed E-state index contributed by atoms with van der Waals surface area (Å²) in [6.45, 7) is 1.85. The van der Waals surface area contributed by atoms with Crippen LogP contribution in [-0.2, 0) is 11.3 Å². The first-order valence-electron chi connectivity index (χ1n) is 9.53. The van der Waals surface area contributed by atoms with Crippen molar-refractivity contribution in [3.8, 4) is 17.2 Å². The number of piperazine rings is 1. The summed E-state index contributed by atoms with van der Waals surface area (Å²) in [5.41, 5.74) is 2.54. The third-order valence-electron chi connectivity index (χ3n) is 5.10. The minimum atomic E-state index is -0.106. The van der Waals surface area contributed by atoms with Gasteiger partial charge in [0, 0.05) is 37.3 Å². The lowest BCUT2D eigenvalue weighted by Gasteiger charge is -2.35. The maximum Gasteiger partial charge on any atom is 0.254 e. The Balaban J connectivity index is 1.48. The summed E-state index contributed by atoms with van der Waals surface area (Å²) in [4.78, 5) is 29.1. The third kappa shape index (κ3) is 3.89. The zero-order valence-electron chi connectivity index (χ0n) is 16.2. The van der Waals surface area contributed by atoms with Gasteiger partial charge in [0.15, 0.2) is 0 Å². The van der Waals surface area contributed by atoms with E-state index in [0.29, 0.717) is 37.3 Å². The highest BCUT2D eigenvalue weighted by atomic mass is 16.2. The average molecular weight is 401 g/mol. The molecule has 0 bridgehead atoms. The first-order valence-corrected chi connectivity index (χ1v) is 9.53. The fraction of sp³-hybridized carbons (Fsp3) is 0.238. The molecule has 1 aliphatic heterocycles. The van der Waals surface area contributed by atoms with E-state index in [2.05, 4.69) is 21.6 Å². The molecule has 2 heterocycles. The first kappa shape index (κ1) is 19.3. The first-order chi connectivity index (χ1) is 14.7. The van der Waals surface area contributed by atoms with Gasteiger partial charge in [0.1, 0.15) is 12.9 Å². The third-order valence-corrected chi connectivity index (χ3v) is 5.10. The zero-order valence-corrected chi connectivity index (χ0v) is 16.2. The van der Waals surface area contributed by atoms with Gasteiger partial charge in [0.05, 0.1) is 11.6 Å². The zero-order chi connectivity index (χ0) is 20.9. The van der Waals surface area contributed by atoms with Crippen LogP contribution in [0.2, 0.25) is 0 Å². The number of carbonyl (C=O) groups is 2. The van der Waals surface area contributed by atoms with E-state index in [0.717, 1.165) is 11.1 Å². The van der Waals surface area contributed by atoms with Gasteiger partial charge in [-0.1, -0.05) is 36.4 Å². The van der Waals surface area contributed by atoms with E-state index in [1.807, 2.05) is 30.3 Å². The van der Waals surface area contributed by atoms with Crippen molar-refractivity contribution in [1.82, 2.24) is 30.0 Å². The van der Waals surface area contributed by atoms with Gasteiger partial charge in [0.2, 0.25) is 5.91 Å². The number of rotatable bonds is 4. The highest BCUT2D eigenvalue weighted by Crippen LogP contribution is 2.28. The second kappa shape index (κ2) is 8.53. The lowest BCUT2D eigenvalue weighted by molar-refractivity contribution is -0.133. The maximum absolute atomic E-state index is 13.2. The minimum absolute atomic E-state index is 0.0781. The lowest BCUT2D eigenvalue weighted by atomic mass is 9.95. The Labute approximate surface area is 173 Å². The van der Waals surface area contributed by atoms with Gasteiger partial charge >= 0.3 is 0 Å². The monoisotopic (exact) mass is 401 g/mol. The van der Waals surface area contributed by atoms with Crippen molar-refractivity contribution >= 4 is 11.8 Å². The number of hydrogen-bond donors (Lipinski definition) is 0. The van der Waals surface area contributed by atoms with Gasteiger partial charge in [-0.2, -0.15) is 5.26 Å². The van der Waals surface area contributed by atoms with Crippen LogP contribution in [0.5, 0.6) is 0 Å². The molecule has 2 aromatic carbocycles. The van der Waals surface area contributed by atoms with E-state index in [4.69, 9.17) is 0 Å². The molecule has 9 heteroatoms. The average Bonchev–Trinajstić information content (AvgIpc) is 3.31. The standard InChI is InChI=1S/C21H19N7O2/c22-13-16-5-1-2-6-17(16)18-7-3-4-8-19(18)21(30)27-11-9-26(10-12-27)20(29)14-28-15-23-24-25-28/h1-8,15H,9-12,14H2. The molecule has 150 valence electrons. The molecule has 3 aromatic rings. The number of carbonyl (C=O) groups excluding carboxylic acids is 2. The van der Waals surface area contributed by atoms with E-state index in [9.17, 15) is 14.9 Å². The van der Waals surface area contributed by atoms with Crippen LogP contribution in [0, 0.1) is 11.3 Å². The molecule has 0 aliphatic carbocycles. The summed E-state index contributed by atoms with van der Waals surface area (Å²) >= 11 is 0. The summed E-state index contributed by atoms with van der Waals surface area (Å²) < 4.78 is 1.38. The Morgan fingerprint density at radius 2 is 1.60 bits per heavy atom. The fourth-order valence-corrected chi connectivity index (χ4v) is 3.54. The van der Waals surface area contributed by atoms with Crippen molar-refractivity contribution in [3.05, 3.63) is 66.0 Å². The summed E-state index contributed by atoms with van der Waals surface area (Å²) in [6.07, 6.45) is 1.40. The molecule has 9 nitrogen and oxygen atoms in total. The van der Waals surface area contributed by atoms with Crippen LogP contribution in [0.15, 0.2) is 54.9 Å². The molecule has 1 aromatic heterocycles. The van der Waals surface area contributed by atoms with Crippen LogP contribution in [0.3, 0.4) is 0 Å². The van der Waals surface area contributed by atoms with Crippen LogP contribution < -0.4 is 0 Å². The number of amides is 2. The molecule has 1 aliphatic rings. The molecule has 30 heavy (non-hydrogen) atoms.